The van der Waals surface area contributed by atoms with Crippen LogP contribution >= 0.6 is 0 Å². The average molecular weight is 335 g/mol. The SMILES string of the molecule is Cc1nccn1Cc1cccc(NC(=O)[C@H](C)CS(C)(=O)=O)c1. The topological polar surface area (TPSA) is 81.1 Å². The van der Waals surface area contributed by atoms with E-state index in [0.717, 1.165) is 17.6 Å². The zero-order valence-electron chi connectivity index (χ0n) is 13.5. The van der Waals surface area contributed by atoms with E-state index in [4.69, 9.17) is 0 Å². The average Bonchev–Trinajstić information content (AvgIpc) is 2.83. The molecule has 1 heterocycles. The van der Waals surface area contributed by atoms with Crippen molar-refractivity contribution in [2.75, 3.05) is 17.3 Å². The molecule has 0 spiro atoms. The number of benzene rings is 1. The Morgan fingerprint density at radius 3 is 2.74 bits per heavy atom. The monoisotopic (exact) mass is 335 g/mol. The molecule has 124 valence electrons. The molecule has 6 nitrogen and oxygen atoms in total. The van der Waals surface area contributed by atoms with E-state index >= 15 is 0 Å². The van der Waals surface area contributed by atoms with Gasteiger partial charge in [0, 0.05) is 36.8 Å². The van der Waals surface area contributed by atoms with E-state index in [0.29, 0.717) is 12.2 Å². The number of aromatic nitrogens is 2. The summed E-state index contributed by atoms with van der Waals surface area (Å²) < 4.78 is 24.6. The standard InChI is InChI=1S/C16H21N3O3S/c1-12(11-23(3,21)22)16(20)18-15-6-4-5-14(9-15)10-19-8-7-17-13(19)2/h4-9,12H,10-11H2,1-3H3,(H,18,20)/t12-/m1/s1. The first-order valence-electron chi connectivity index (χ1n) is 7.30. The molecule has 0 radical (unpaired) electrons. The van der Waals surface area contributed by atoms with Crippen molar-refractivity contribution in [3.8, 4) is 0 Å². The Morgan fingerprint density at radius 1 is 1.39 bits per heavy atom. The fourth-order valence-electron chi connectivity index (χ4n) is 2.31. The van der Waals surface area contributed by atoms with Crippen LogP contribution in [0, 0.1) is 12.8 Å². The third kappa shape index (κ3) is 5.21. The minimum Gasteiger partial charge on any atom is -0.331 e. The lowest BCUT2D eigenvalue weighted by molar-refractivity contribution is -0.118. The molecule has 0 aliphatic heterocycles. The molecule has 2 rings (SSSR count). The van der Waals surface area contributed by atoms with Crippen LogP contribution in [0.5, 0.6) is 0 Å². The van der Waals surface area contributed by atoms with Crippen LogP contribution in [0.15, 0.2) is 36.7 Å². The maximum absolute atomic E-state index is 12.1. The van der Waals surface area contributed by atoms with Gasteiger partial charge in [0.2, 0.25) is 5.91 Å². The van der Waals surface area contributed by atoms with Gasteiger partial charge in [-0.3, -0.25) is 4.79 Å². The van der Waals surface area contributed by atoms with Gasteiger partial charge < -0.3 is 9.88 Å². The smallest absolute Gasteiger partial charge is 0.228 e. The Bertz CT molecular complexity index is 796. The van der Waals surface area contributed by atoms with Gasteiger partial charge in [-0.15, -0.1) is 0 Å². The molecule has 7 heteroatoms. The van der Waals surface area contributed by atoms with Gasteiger partial charge in [-0.2, -0.15) is 0 Å². The van der Waals surface area contributed by atoms with E-state index in [1.165, 1.54) is 0 Å². The molecule has 1 aromatic carbocycles. The van der Waals surface area contributed by atoms with E-state index in [9.17, 15) is 13.2 Å². The Labute approximate surface area is 136 Å². The lowest BCUT2D eigenvalue weighted by Crippen LogP contribution is -2.26. The summed E-state index contributed by atoms with van der Waals surface area (Å²) in [6, 6.07) is 7.49. The Hall–Kier alpha value is -2.15. The van der Waals surface area contributed by atoms with Crippen LogP contribution in [-0.2, 0) is 21.2 Å². The van der Waals surface area contributed by atoms with Crippen LogP contribution in [0.3, 0.4) is 0 Å². The number of hydrogen-bond donors (Lipinski definition) is 1. The number of carbonyl (C=O) groups is 1. The number of rotatable bonds is 6. The highest BCUT2D eigenvalue weighted by Crippen LogP contribution is 2.14. The molecule has 0 fully saturated rings. The number of hydrogen-bond acceptors (Lipinski definition) is 4. The summed E-state index contributed by atoms with van der Waals surface area (Å²) >= 11 is 0. The van der Waals surface area contributed by atoms with Crippen molar-refractivity contribution in [1.29, 1.82) is 0 Å². The third-order valence-corrected chi connectivity index (χ3v) is 4.58. The van der Waals surface area contributed by atoms with Crippen molar-refractivity contribution in [2.45, 2.75) is 20.4 Å². The van der Waals surface area contributed by atoms with Crippen molar-refractivity contribution < 1.29 is 13.2 Å². The summed E-state index contributed by atoms with van der Waals surface area (Å²) in [5, 5.41) is 2.77. The van der Waals surface area contributed by atoms with Gasteiger partial charge in [-0.25, -0.2) is 13.4 Å². The number of carbonyl (C=O) groups excluding carboxylic acids is 1. The van der Waals surface area contributed by atoms with Gasteiger partial charge in [-0.1, -0.05) is 19.1 Å². The van der Waals surface area contributed by atoms with Gasteiger partial charge in [0.15, 0.2) is 0 Å². The molecule has 1 aromatic heterocycles. The first-order chi connectivity index (χ1) is 10.7. The third-order valence-electron chi connectivity index (χ3n) is 3.47. The second kappa shape index (κ2) is 6.95. The van der Waals surface area contributed by atoms with Crippen molar-refractivity contribution >= 4 is 21.4 Å². The summed E-state index contributed by atoms with van der Waals surface area (Å²) in [5.74, 6) is -0.135. The highest BCUT2D eigenvalue weighted by Gasteiger charge is 2.18. The second-order valence-corrected chi connectivity index (χ2v) is 7.97. The normalized spacial score (nSPS) is 12.8. The fraction of sp³-hybridized carbons (Fsp3) is 0.375. The number of anilines is 1. The predicted octanol–water partition coefficient (Wildman–Crippen LogP) is 1.86. The number of nitrogens with one attached hydrogen (secondary N) is 1. The summed E-state index contributed by atoms with van der Waals surface area (Å²) in [5.41, 5.74) is 1.69. The van der Waals surface area contributed by atoms with Crippen molar-refractivity contribution in [3.63, 3.8) is 0 Å². The Morgan fingerprint density at radius 2 is 2.13 bits per heavy atom. The number of amides is 1. The largest absolute Gasteiger partial charge is 0.331 e. The molecule has 0 saturated carbocycles. The molecule has 1 N–H and O–H groups in total. The van der Waals surface area contributed by atoms with E-state index in [2.05, 4.69) is 10.3 Å². The molecular weight excluding hydrogens is 314 g/mol. The van der Waals surface area contributed by atoms with Crippen LogP contribution < -0.4 is 5.32 Å². The van der Waals surface area contributed by atoms with Crippen molar-refractivity contribution in [3.05, 3.63) is 48.0 Å². The molecule has 1 atom stereocenters. The molecule has 2 aromatic rings. The summed E-state index contributed by atoms with van der Waals surface area (Å²) in [6.45, 7) is 4.20. The highest BCUT2D eigenvalue weighted by molar-refractivity contribution is 7.90. The van der Waals surface area contributed by atoms with E-state index < -0.39 is 15.8 Å². The molecule has 0 saturated heterocycles. The maximum atomic E-state index is 12.1. The number of aryl methyl sites for hydroxylation is 1. The van der Waals surface area contributed by atoms with E-state index in [1.54, 1.807) is 19.2 Å². The second-order valence-electron chi connectivity index (χ2n) is 5.79. The van der Waals surface area contributed by atoms with Gasteiger partial charge in [0.1, 0.15) is 15.7 Å². The number of nitrogens with zero attached hydrogens (tertiary/aromatic N) is 2. The lowest BCUT2D eigenvalue weighted by atomic mass is 10.1. The first kappa shape index (κ1) is 17.2. The predicted molar refractivity (Wildman–Crippen MR) is 90.0 cm³/mol. The molecular formula is C16H21N3O3S. The van der Waals surface area contributed by atoms with E-state index in [-0.39, 0.29) is 11.7 Å². The lowest BCUT2D eigenvalue weighted by Gasteiger charge is -2.12. The number of sulfone groups is 1. The molecule has 0 bridgehead atoms. The molecule has 23 heavy (non-hydrogen) atoms. The number of imidazole rings is 1. The van der Waals surface area contributed by atoms with Crippen molar-refractivity contribution in [2.24, 2.45) is 5.92 Å². The van der Waals surface area contributed by atoms with Gasteiger partial charge in [0.25, 0.3) is 0 Å². The van der Waals surface area contributed by atoms with Crippen LogP contribution in [0.25, 0.3) is 0 Å². The molecule has 0 unspecified atom stereocenters. The first-order valence-corrected chi connectivity index (χ1v) is 9.36. The van der Waals surface area contributed by atoms with Gasteiger partial charge in [-0.05, 0) is 24.6 Å². The molecule has 0 aliphatic rings. The maximum Gasteiger partial charge on any atom is 0.228 e. The fourth-order valence-corrected chi connectivity index (χ4v) is 3.37. The van der Waals surface area contributed by atoms with E-state index in [1.807, 2.05) is 35.9 Å². The summed E-state index contributed by atoms with van der Waals surface area (Å²) in [4.78, 5) is 16.3. The quantitative estimate of drug-likeness (QED) is 0.873. The minimum absolute atomic E-state index is 0.160. The summed E-state index contributed by atoms with van der Waals surface area (Å²) in [7, 11) is -3.18. The Balaban J connectivity index is 2.05. The summed E-state index contributed by atoms with van der Waals surface area (Å²) in [6.07, 6.45) is 4.77. The van der Waals surface area contributed by atoms with Crippen LogP contribution in [0.2, 0.25) is 0 Å². The van der Waals surface area contributed by atoms with Gasteiger partial charge in [0.05, 0.1) is 5.75 Å². The molecule has 1 amide bonds. The van der Waals surface area contributed by atoms with Crippen LogP contribution in [0.1, 0.15) is 18.3 Å². The van der Waals surface area contributed by atoms with Crippen molar-refractivity contribution in [1.82, 2.24) is 9.55 Å². The highest BCUT2D eigenvalue weighted by atomic mass is 32.2. The van der Waals surface area contributed by atoms with Gasteiger partial charge >= 0.3 is 0 Å². The Kier molecular flexibility index (Phi) is 5.20. The zero-order chi connectivity index (χ0) is 17.0. The molecule has 0 aliphatic carbocycles. The van der Waals surface area contributed by atoms with Crippen LogP contribution in [-0.4, -0.2) is 35.9 Å². The zero-order valence-corrected chi connectivity index (χ0v) is 14.3. The van der Waals surface area contributed by atoms with Crippen LogP contribution in [0.4, 0.5) is 5.69 Å². The minimum atomic E-state index is -3.18.